The molecule has 4 nitrogen and oxygen atoms in total. The van der Waals surface area contributed by atoms with E-state index < -0.39 is 12.0 Å². The third-order valence-corrected chi connectivity index (χ3v) is 3.32. The Morgan fingerprint density at radius 3 is 2.41 bits per heavy atom. The van der Waals surface area contributed by atoms with Crippen LogP contribution in [-0.4, -0.2) is 23.4 Å². The van der Waals surface area contributed by atoms with Crippen LogP contribution < -0.4 is 5.73 Å². The Labute approximate surface area is 99.4 Å². The molecule has 0 unspecified atom stereocenters. The van der Waals surface area contributed by atoms with E-state index >= 15 is 0 Å². The van der Waals surface area contributed by atoms with E-state index in [1.807, 2.05) is 24.3 Å². The summed E-state index contributed by atoms with van der Waals surface area (Å²) in [5.41, 5.74) is 7.08. The number of benzene rings is 1. The number of aldehydes is 1. The minimum Gasteiger partial charge on any atom is -0.480 e. The molecule has 0 aromatic heterocycles. The Kier molecular flexibility index (Phi) is 2.98. The van der Waals surface area contributed by atoms with E-state index in [0.29, 0.717) is 6.42 Å². The smallest absolute Gasteiger partial charge is 0.320 e. The van der Waals surface area contributed by atoms with Crippen molar-refractivity contribution in [2.45, 2.75) is 30.7 Å². The highest BCUT2D eigenvalue weighted by atomic mass is 16.4. The molecule has 0 radical (unpaired) electrons. The maximum Gasteiger partial charge on any atom is 0.320 e. The van der Waals surface area contributed by atoms with Crippen LogP contribution in [0.5, 0.6) is 0 Å². The van der Waals surface area contributed by atoms with Gasteiger partial charge in [-0.1, -0.05) is 24.3 Å². The van der Waals surface area contributed by atoms with Gasteiger partial charge in [0.2, 0.25) is 0 Å². The van der Waals surface area contributed by atoms with Crippen molar-refractivity contribution < 1.29 is 14.7 Å². The summed E-state index contributed by atoms with van der Waals surface area (Å²) in [5, 5.41) is 8.70. The molecule has 1 aliphatic rings. The van der Waals surface area contributed by atoms with Crippen LogP contribution in [0, 0.1) is 0 Å². The lowest BCUT2D eigenvalue weighted by Crippen LogP contribution is -2.32. The summed E-state index contributed by atoms with van der Waals surface area (Å²) in [6, 6.07) is 6.61. The van der Waals surface area contributed by atoms with Crippen LogP contribution in [0.3, 0.4) is 0 Å². The SMILES string of the molecule is N[C@@H](Cc1ccc(C2(C=O)CC2)cc1)C(=O)O. The van der Waals surface area contributed by atoms with Crippen molar-refractivity contribution >= 4 is 12.3 Å². The predicted octanol–water partition coefficient (Wildman–Crippen LogP) is 0.871. The van der Waals surface area contributed by atoms with Gasteiger partial charge in [0.05, 0.1) is 5.41 Å². The van der Waals surface area contributed by atoms with Crippen LogP contribution >= 0.6 is 0 Å². The van der Waals surface area contributed by atoms with Crippen molar-refractivity contribution in [2.24, 2.45) is 5.73 Å². The summed E-state index contributed by atoms with van der Waals surface area (Å²) in [6.45, 7) is 0. The molecule has 1 aliphatic carbocycles. The van der Waals surface area contributed by atoms with Crippen molar-refractivity contribution in [1.29, 1.82) is 0 Å². The topological polar surface area (TPSA) is 80.4 Å². The molecule has 0 amide bonds. The van der Waals surface area contributed by atoms with Gasteiger partial charge in [-0.05, 0) is 30.4 Å². The van der Waals surface area contributed by atoms with Gasteiger partial charge in [-0.2, -0.15) is 0 Å². The molecule has 1 aromatic carbocycles. The van der Waals surface area contributed by atoms with Crippen LogP contribution in [0.1, 0.15) is 24.0 Å². The number of nitrogens with two attached hydrogens (primary N) is 1. The highest BCUT2D eigenvalue weighted by molar-refractivity contribution is 5.74. The zero-order valence-corrected chi connectivity index (χ0v) is 9.43. The number of hydrogen-bond donors (Lipinski definition) is 2. The van der Waals surface area contributed by atoms with E-state index in [1.54, 1.807) is 0 Å². The van der Waals surface area contributed by atoms with E-state index in [4.69, 9.17) is 10.8 Å². The Balaban J connectivity index is 2.08. The first-order valence-electron chi connectivity index (χ1n) is 5.61. The van der Waals surface area contributed by atoms with Crippen molar-refractivity contribution in [2.75, 3.05) is 0 Å². The average Bonchev–Trinajstić information content (AvgIpc) is 3.11. The molecule has 1 fully saturated rings. The normalized spacial score (nSPS) is 18.4. The molecule has 0 spiro atoms. The molecule has 0 aliphatic heterocycles. The number of carboxylic acids is 1. The molecule has 17 heavy (non-hydrogen) atoms. The summed E-state index contributed by atoms with van der Waals surface area (Å²) in [5.74, 6) is -0.999. The van der Waals surface area contributed by atoms with Crippen LogP contribution in [-0.2, 0) is 21.4 Å². The molecule has 90 valence electrons. The van der Waals surface area contributed by atoms with Crippen molar-refractivity contribution in [3.63, 3.8) is 0 Å². The highest BCUT2D eigenvalue weighted by Gasteiger charge is 2.44. The molecule has 4 heteroatoms. The van der Waals surface area contributed by atoms with E-state index in [2.05, 4.69) is 0 Å². The Morgan fingerprint density at radius 1 is 1.41 bits per heavy atom. The van der Waals surface area contributed by atoms with Crippen molar-refractivity contribution in [1.82, 2.24) is 0 Å². The third-order valence-electron chi connectivity index (χ3n) is 3.32. The van der Waals surface area contributed by atoms with Gasteiger partial charge in [-0.3, -0.25) is 4.79 Å². The van der Waals surface area contributed by atoms with E-state index in [-0.39, 0.29) is 5.41 Å². The van der Waals surface area contributed by atoms with Gasteiger partial charge in [0.1, 0.15) is 12.3 Å². The molecule has 1 atom stereocenters. The zero-order valence-electron chi connectivity index (χ0n) is 9.43. The summed E-state index contributed by atoms with van der Waals surface area (Å²) in [7, 11) is 0. The second-order valence-electron chi connectivity index (χ2n) is 4.62. The molecule has 2 rings (SSSR count). The van der Waals surface area contributed by atoms with Crippen molar-refractivity contribution in [3.05, 3.63) is 35.4 Å². The fourth-order valence-corrected chi connectivity index (χ4v) is 1.92. The summed E-state index contributed by atoms with van der Waals surface area (Å²) in [4.78, 5) is 21.6. The van der Waals surface area contributed by atoms with Gasteiger partial charge in [-0.15, -0.1) is 0 Å². The summed E-state index contributed by atoms with van der Waals surface area (Å²) < 4.78 is 0. The third kappa shape index (κ3) is 2.36. The molecule has 0 saturated heterocycles. The Morgan fingerprint density at radius 2 is 2.00 bits per heavy atom. The first kappa shape index (κ1) is 11.8. The maximum absolute atomic E-state index is 10.9. The van der Waals surface area contributed by atoms with Gasteiger partial charge >= 0.3 is 5.97 Å². The second kappa shape index (κ2) is 4.30. The predicted molar refractivity (Wildman–Crippen MR) is 62.7 cm³/mol. The Hall–Kier alpha value is -1.68. The van der Waals surface area contributed by atoms with Crippen LogP contribution in [0.2, 0.25) is 0 Å². The number of carboxylic acid groups (broad SMARTS) is 1. The lowest BCUT2D eigenvalue weighted by Gasteiger charge is -2.10. The summed E-state index contributed by atoms with van der Waals surface area (Å²) in [6.07, 6.45) is 3.13. The molecule has 1 saturated carbocycles. The average molecular weight is 233 g/mol. The lowest BCUT2D eigenvalue weighted by atomic mass is 9.95. The van der Waals surface area contributed by atoms with Crippen molar-refractivity contribution in [3.8, 4) is 0 Å². The minimum absolute atomic E-state index is 0.270. The first-order valence-corrected chi connectivity index (χ1v) is 5.61. The number of rotatable bonds is 5. The first-order chi connectivity index (χ1) is 8.07. The highest BCUT2D eigenvalue weighted by Crippen LogP contribution is 2.46. The Bertz CT molecular complexity index is 434. The quantitative estimate of drug-likeness (QED) is 0.739. The molecule has 0 heterocycles. The van der Waals surface area contributed by atoms with Gasteiger partial charge in [0, 0.05) is 0 Å². The lowest BCUT2D eigenvalue weighted by molar-refractivity contribution is -0.138. The van der Waals surface area contributed by atoms with Gasteiger partial charge in [0.25, 0.3) is 0 Å². The van der Waals surface area contributed by atoms with Gasteiger partial charge in [0.15, 0.2) is 0 Å². The summed E-state index contributed by atoms with van der Waals surface area (Å²) >= 11 is 0. The second-order valence-corrected chi connectivity index (χ2v) is 4.62. The molecular weight excluding hydrogens is 218 g/mol. The standard InChI is InChI=1S/C13H15NO3/c14-11(12(16)17)7-9-1-3-10(4-2-9)13(8-15)5-6-13/h1-4,8,11H,5-7,14H2,(H,16,17)/t11-/m0/s1. The van der Waals surface area contributed by atoms with E-state index in [0.717, 1.165) is 30.3 Å². The van der Waals surface area contributed by atoms with Gasteiger partial charge < -0.3 is 15.6 Å². The molecule has 3 N–H and O–H groups in total. The zero-order chi connectivity index (χ0) is 12.5. The number of carbonyl (C=O) groups excluding carboxylic acids is 1. The molecule has 0 bridgehead atoms. The largest absolute Gasteiger partial charge is 0.480 e. The molecular formula is C13H15NO3. The minimum atomic E-state index is -0.999. The monoisotopic (exact) mass is 233 g/mol. The fourth-order valence-electron chi connectivity index (χ4n) is 1.92. The van der Waals surface area contributed by atoms with Crippen LogP contribution in [0.25, 0.3) is 0 Å². The number of hydrogen-bond acceptors (Lipinski definition) is 3. The van der Waals surface area contributed by atoms with Gasteiger partial charge in [-0.25, -0.2) is 0 Å². The number of carbonyl (C=O) groups is 2. The van der Waals surface area contributed by atoms with E-state index in [9.17, 15) is 9.59 Å². The van der Waals surface area contributed by atoms with Crippen LogP contribution in [0.15, 0.2) is 24.3 Å². The van der Waals surface area contributed by atoms with Crippen LogP contribution in [0.4, 0.5) is 0 Å². The maximum atomic E-state index is 10.9. The molecule has 1 aromatic rings. The number of aliphatic carboxylic acids is 1. The van der Waals surface area contributed by atoms with E-state index in [1.165, 1.54) is 0 Å². The fraction of sp³-hybridized carbons (Fsp3) is 0.385.